The normalized spacial score (nSPS) is 13.2. The Hall–Kier alpha value is 0.170. The van der Waals surface area contributed by atoms with Crippen molar-refractivity contribution in [3.05, 3.63) is 0 Å². The molecule has 0 bridgehead atoms. The molecule has 0 saturated heterocycles. The van der Waals surface area contributed by atoms with E-state index in [0.717, 1.165) is 0 Å². The summed E-state index contributed by atoms with van der Waals surface area (Å²) in [6.07, 6.45) is 0. The third-order valence-corrected chi connectivity index (χ3v) is 1.84. The molecule has 0 amide bonds. The molecular weight excluding hydrogens is 144 g/mol. The van der Waals surface area contributed by atoms with Gasteiger partial charge < -0.3 is 5.11 Å². The van der Waals surface area contributed by atoms with Crippen molar-refractivity contribution < 1.29 is 9.90 Å². The number of rotatable bonds is 3. The van der Waals surface area contributed by atoms with Crippen molar-refractivity contribution in [1.29, 1.82) is 0 Å². The molecule has 2 nitrogen and oxygen atoms in total. The van der Waals surface area contributed by atoms with Crippen molar-refractivity contribution in [1.82, 2.24) is 0 Å². The second-order valence-electron chi connectivity index (χ2n) is 1.54. The van der Waals surface area contributed by atoms with Gasteiger partial charge in [-0.3, -0.25) is 4.79 Å². The minimum Gasteiger partial charge on any atom is -0.481 e. The number of aliphatic carboxylic acids is 1. The Balaban J connectivity index is 3.32. The molecule has 1 atom stereocenters. The molecule has 1 unspecified atom stereocenters. The van der Waals surface area contributed by atoms with Crippen LogP contribution in [0.2, 0.25) is 0 Å². The van der Waals surface area contributed by atoms with Crippen molar-refractivity contribution >= 4 is 28.4 Å². The highest BCUT2D eigenvalue weighted by Gasteiger charge is 2.08. The lowest BCUT2D eigenvalue weighted by Crippen LogP contribution is -2.10. The summed E-state index contributed by atoms with van der Waals surface area (Å²) in [5.74, 6) is -0.470. The fourth-order valence-electron chi connectivity index (χ4n) is 0.183. The predicted octanol–water partition coefficient (Wildman–Crippen LogP) is 1.29. The Morgan fingerprint density at radius 2 is 2.50 bits per heavy atom. The van der Waals surface area contributed by atoms with Crippen LogP contribution in [0.3, 0.4) is 0 Å². The maximum atomic E-state index is 10.0. The van der Waals surface area contributed by atoms with E-state index in [1.807, 2.05) is 0 Å². The van der Waals surface area contributed by atoms with E-state index in [9.17, 15) is 4.79 Å². The number of hydrogen-bond acceptors (Lipinski definition) is 3. The van der Waals surface area contributed by atoms with Gasteiger partial charge in [0.1, 0.15) is 0 Å². The standard InChI is InChI=1S/C4H8O2S2/c1-3(2-8-7)4(5)6/h3,7H,2H2,1H3,(H,5,6). The zero-order valence-electron chi connectivity index (χ0n) is 4.50. The molecule has 0 fully saturated rings. The highest BCUT2D eigenvalue weighted by atomic mass is 33.1. The van der Waals surface area contributed by atoms with Crippen LogP contribution in [-0.4, -0.2) is 16.8 Å². The molecule has 8 heavy (non-hydrogen) atoms. The summed E-state index contributed by atoms with van der Waals surface area (Å²) in [5, 5.41) is 8.27. The number of hydrogen-bond donors (Lipinski definition) is 2. The number of carboxylic acids is 1. The van der Waals surface area contributed by atoms with Gasteiger partial charge in [0.05, 0.1) is 5.92 Å². The van der Waals surface area contributed by atoms with Crippen molar-refractivity contribution in [3.63, 3.8) is 0 Å². The van der Waals surface area contributed by atoms with E-state index in [0.29, 0.717) is 5.75 Å². The summed E-state index contributed by atoms with van der Waals surface area (Å²) >= 11 is 3.81. The molecule has 0 radical (unpaired) electrons. The van der Waals surface area contributed by atoms with Gasteiger partial charge >= 0.3 is 5.97 Å². The van der Waals surface area contributed by atoms with Gasteiger partial charge in [-0.15, -0.1) is 11.7 Å². The van der Waals surface area contributed by atoms with Crippen molar-refractivity contribution in [2.24, 2.45) is 5.92 Å². The predicted molar refractivity (Wildman–Crippen MR) is 38.2 cm³/mol. The molecule has 0 spiro atoms. The minimum atomic E-state index is -0.758. The molecule has 4 heteroatoms. The average molecular weight is 152 g/mol. The minimum absolute atomic E-state index is 0.280. The highest BCUT2D eigenvalue weighted by Crippen LogP contribution is 2.10. The quantitative estimate of drug-likeness (QED) is 0.472. The fraction of sp³-hybridized carbons (Fsp3) is 0.750. The molecule has 0 aliphatic heterocycles. The average Bonchev–Trinajstić information content (AvgIpc) is 1.67. The van der Waals surface area contributed by atoms with Crippen LogP contribution < -0.4 is 0 Å². The molecule has 0 aliphatic carbocycles. The number of thiol groups is 1. The van der Waals surface area contributed by atoms with Crippen LogP contribution in [0, 0.1) is 5.92 Å². The largest absolute Gasteiger partial charge is 0.481 e. The maximum Gasteiger partial charge on any atom is 0.307 e. The van der Waals surface area contributed by atoms with E-state index < -0.39 is 5.97 Å². The second-order valence-corrected chi connectivity index (χ2v) is 2.90. The van der Waals surface area contributed by atoms with Crippen LogP contribution in [0.25, 0.3) is 0 Å². The lowest BCUT2D eigenvalue weighted by molar-refractivity contribution is -0.140. The van der Waals surface area contributed by atoms with E-state index in [1.165, 1.54) is 10.8 Å². The van der Waals surface area contributed by atoms with Crippen LogP contribution in [-0.2, 0) is 4.79 Å². The van der Waals surface area contributed by atoms with Crippen molar-refractivity contribution in [2.45, 2.75) is 6.92 Å². The van der Waals surface area contributed by atoms with Crippen molar-refractivity contribution in [2.75, 3.05) is 5.75 Å². The Morgan fingerprint density at radius 3 is 2.62 bits per heavy atom. The Labute approximate surface area is 57.5 Å². The van der Waals surface area contributed by atoms with Gasteiger partial charge in [-0.1, -0.05) is 17.7 Å². The first-order chi connectivity index (χ1) is 3.68. The van der Waals surface area contributed by atoms with E-state index in [1.54, 1.807) is 6.92 Å². The third-order valence-electron chi connectivity index (χ3n) is 0.746. The van der Waals surface area contributed by atoms with Crippen LogP contribution in [0.15, 0.2) is 0 Å². The molecule has 0 aromatic heterocycles. The number of carbonyl (C=O) groups is 1. The first kappa shape index (κ1) is 8.17. The Bertz CT molecular complexity index is 84.1. The van der Waals surface area contributed by atoms with Crippen LogP contribution in [0.1, 0.15) is 6.92 Å². The number of carboxylic acid groups (broad SMARTS) is 1. The van der Waals surface area contributed by atoms with Gasteiger partial charge in [-0.05, 0) is 0 Å². The first-order valence-electron chi connectivity index (χ1n) is 2.17. The van der Waals surface area contributed by atoms with Crippen LogP contribution >= 0.6 is 22.5 Å². The van der Waals surface area contributed by atoms with Gasteiger partial charge in [-0.25, -0.2) is 0 Å². The summed E-state index contributed by atoms with van der Waals surface area (Å²) in [7, 11) is 1.25. The Morgan fingerprint density at radius 1 is 2.00 bits per heavy atom. The zero-order chi connectivity index (χ0) is 6.57. The highest BCUT2D eigenvalue weighted by molar-refractivity contribution is 8.68. The van der Waals surface area contributed by atoms with Gasteiger partial charge in [0, 0.05) is 5.75 Å². The molecule has 0 rings (SSSR count). The van der Waals surface area contributed by atoms with Crippen molar-refractivity contribution in [3.8, 4) is 0 Å². The molecular formula is C4H8O2S2. The summed E-state index contributed by atoms with van der Waals surface area (Å²) in [6.45, 7) is 1.66. The summed E-state index contributed by atoms with van der Waals surface area (Å²) < 4.78 is 0. The molecule has 0 aromatic carbocycles. The van der Waals surface area contributed by atoms with Crippen LogP contribution in [0.4, 0.5) is 0 Å². The Kier molecular flexibility index (Phi) is 4.18. The maximum absolute atomic E-state index is 10.0. The van der Waals surface area contributed by atoms with Crippen LogP contribution in [0.5, 0.6) is 0 Å². The van der Waals surface area contributed by atoms with Gasteiger partial charge in [0.15, 0.2) is 0 Å². The van der Waals surface area contributed by atoms with E-state index in [-0.39, 0.29) is 5.92 Å². The third kappa shape index (κ3) is 3.21. The van der Waals surface area contributed by atoms with Gasteiger partial charge in [0.2, 0.25) is 0 Å². The molecule has 0 heterocycles. The first-order valence-corrected chi connectivity index (χ1v) is 4.21. The van der Waals surface area contributed by atoms with E-state index in [2.05, 4.69) is 11.7 Å². The fourth-order valence-corrected chi connectivity index (χ4v) is 1.22. The zero-order valence-corrected chi connectivity index (χ0v) is 6.21. The smallest absolute Gasteiger partial charge is 0.307 e. The SMILES string of the molecule is CC(CSS)C(=O)O. The molecule has 1 N–H and O–H groups in total. The summed E-state index contributed by atoms with van der Waals surface area (Å²) in [4.78, 5) is 10.0. The molecule has 48 valence electrons. The molecule has 0 aromatic rings. The summed E-state index contributed by atoms with van der Waals surface area (Å²) in [5.41, 5.74) is 0. The van der Waals surface area contributed by atoms with Gasteiger partial charge in [-0.2, -0.15) is 0 Å². The summed E-state index contributed by atoms with van der Waals surface area (Å²) in [6, 6.07) is 0. The van der Waals surface area contributed by atoms with E-state index >= 15 is 0 Å². The van der Waals surface area contributed by atoms with E-state index in [4.69, 9.17) is 5.11 Å². The van der Waals surface area contributed by atoms with Gasteiger partial charge in [0.25, 0.3) is 0 Å². The monoisotopic (exact) mass is 152 g/mol. The molecule has 0 aliphatic rings. The lowest BCUT2D eigenvalue weighted by Gasteiger charge is -1.99. The molecule has 0 saturated carbocycles. The lowest BCUT2D eigenvalue weighted by atomic mass is 10.2. The topological polar surface area (TPSA) is 37.3 Å². The second kappa shape index (κ2) is 4.09.